The van der Waals surface area contributed by atoms with Gasteiger partial charge in [0.1, 0.15) is 10.4 Å². The zero-order chi connectivity index (χ0) is 14.5. The second-order valence-corrected chi connectivity index (χ2v) is 4.95. The molecule has 20 heavy (non-hydrogen) atoms. The van der Waals surface area contributed by atoms with Crippen molar-refractivity contribution in [2.75, 3.05) is 5.32 Å². The van der Waals surface area contributed by atoms with Gasteiger partial charge >= 0.3 is 0 Å². The van der Waals surface area contributed by atoms with Crippen molar-refractivity contribution >= 4 is 33.6 Å². The molecule has 0 aliphatic rings. The van der Waals surface area contributed by atoms with Gasteiger partial charge in [-0.05, 0) is 58.8 Å². The Balaban J connectivity index is 2.03. The standard InChI is InChI=1S/C15H12BrFN2O/c1-10-13(7-8-14(16)18-10)19-15(20)9-4-11-2-5-12(17)6-3-11/h2-9H,1H3,(H,19,20)/b9-4+. The number of nitrogens with zero attached hydrogens (tertiary/aromatic N) is 1. The van der Waals surface area contributed by atoms with Crippen LogP contribution >= 0.6 is 15.9 Å². The summed E-state index contributed by atoms with van der Waals surface area (Å²) in [5, 5.41) is 2.74. The van der Waals surface area contributed by atoms with Crippen molar-refractivity contribution in [1.29, 1.82) is 0 Å². The molecule has 3 nitrogen and oxygen atoms in total. The second kappa shape index (κ2) is 6.43. The van der Waals surface area contributed by atoms with Crippen molar-refractivity contribution in [2.45, 2.75) is 6.92 Å². The molecular weight excluding hydrogens is 323 g/mol. The monoisotopic (exact) mass is 334 g/mol. The first-order valence-electron chi connectivity index (χ1n) is 5.92. The predicted octanol–water partition coefficient (Wildman–Crippen LogP) is 3.94. The smallest absolute Gasteiger partial charge is 0.248 e. The van der Waals surface area contributed by atoms with Gasteiger partial charge in [0.25, 0.3) is 0 Å². The number of carbonyl (C=O) groups excluding carboxylic acids is 1. The van der Waals surface area contributed by atoms with Crippen LogP contribution in [-0.2, 0) is 4.79 Å². The lowest BCUT2D eigenvalue weighted by atomic mass is 10.2. The molecule has 0 spiro atoms. The summed E-state index contributed by atoms with van der Waals surface area (Å²) in [5.41, 5.74) is 2.14. The molecule has 0 saturated carbocycles. The number of benzene rings is 1. The van der Waals surface area contributed by atoms with Crippen LogP contribution in [0.1, 0.15) is 11.3 Å². The third kappa shape index (κ3) is 3.99. The minimum absolute atomic E-state index is 0.262. The maximum atomic E-state index is 12.7. The van der Waals surface area contributed by atoms with Crippen molar-refractivity contribution in [2.24, 2.45) is 0 Å². The number of rotatable bonds is 3. The zero-order valence-electron chi connectivity index (χ0n) is 10.7. The fraction of sp³-hybridized carbons (Fsp3) is 0.0667. The van der Waals surface area contributed by atoms with E-state index in [1.807, 2.05) is 6.92 Å². The van der Waals surface area contributed by atoms with E-state index in [0.717, 1.165) is 15.9 Å². The Hall–Kier alpha value is -2.01. The average Bonchev–Trinajstić information content (AvgIpc) is 2.41. The first-order valence-corrected chi connectivity index (χ1v) is 6.72. The zero-order valence-corrected chi connectivity index (χ0v) is 12.3. The van der Waals surface area contributed by atoms with Crippen LogP contribution in [0.25, 0.3) is 6.08 Å². The molecule has 0 unspecified atom stereocenters. The minimum atomic E-state index is -0.303. The van der Waals surface area contributed by atoms with Crippen molar-refractivity contribution in [3.05, 3.63) is 64.2 Å². The van der Waals surface area contributed by atoms with Crippen molar-refractivity contribution in [3.8, 4) is 0 Å². The van der Waals surface area contributed by atoms with E-state index in [-0.39, 0.29) is 11.7 Å². The topological polar surface area (TPSA) is 42.0 Å². The summed E-state index contributed by atoms with van der Waals surface area (Å²) in [7, 11) is 0. The van der Waals surface area contributed by atoms with Gasteiger partial charge in [0.2, 0.25) is 5.91 Å². The van der Waals surface area contributed by atoms with Gasteiger partial charge in [-0.25, -0.2) is 9.37 Å². The number of hydrogen-bond donors (Lipinski definition) is 1. The molecule has 0 saturated heterocycles. The molecule has 0 aliphatic carbocycles. The first kappa shape index (κ1) is 14.4. The number of aryl methyl sites for hydroxylation is 1. The van der Waals surface area contributed by atoms with E-state index in [1.165, 1.54) is 18.2 Å². The number of aromatic nitrogens is 1. The van der Waals surface area contributed by atoms with Gasteiger partial charge < -0.3 is 5.32 Å². The maximum Gasteiger partial charge on any atom is 0.248 e. The average molecular weight is 335 g/mol. The molecule has 1 aromatic heterocycles. The molecule has 2 aromatic rings. The van der Waals surface area contributed by atoms with Crippen LogP contribution in [0.4, 0.5) is 10.1 Å². The number of anilines is 1. The highest BCUT2D eigenvalue weighted by Crippen LogP contribution is 2.16. The number of hydrogen-bond acceptors (Lipinski definition) is 2. The van der Waals surface area contributed by atoms with Crippen LogP contribution in [0.3, 0.4) is 0 Å². The Kier molecular flexibility index (Phi) is 4.63. The second-order valence-electron chi connectivity index (χ2n) is 4.14. The van der Waals surface area contributed by atoms with Crippen LogP contribution in [-0.4, -0.2) is 10.9 Å². The van der Waals surface area contributed by atoms with E-state index in [9.17, 15) is 9.18 Å². The first-order chi connectivity index (χ1) is 9.54. The highest BCUT2D eigenvalue weighted by atomic mass is 79.9. The van der Waals surface area contributed by atoms with Crippen LogP contribution in [0, 0.1) is 12.7 Å². The number of nitrogens with one attached hydrogen (secondary N) is 1. The summed E-state index contributed by atoms with van der Waals surface area (Å²) in [6, 6.07) is 9.43. The van der Waals surface area contributed by atoms with Gasteiger partial charge in [-0.2, -0.15) is 0 Å². The molecule has 0 aliphatic heterocycles. The number of halogens is 2. The summed E-state index contributed by atoms with van der Waals surface area (Å²) in [4.78, 5) is 16.0. The third-order valence-electron chi connectivity index (χ3n) is 2.61. The predicted molar refractivity (Wildman–Crippen MR) is 80.7 cm³/mol. The Morgan fingerprint density at radius 1 is 1.25 bits per heavy atom. The summed E-state index contributed by atoms with van der Waals surface area (Å²) in [6.07, 6.45) is 3.02. The molecule has 1 N–H and O–H groups in total. The van der Waals surface area contributed by atoms with Gasteiger partial charge in [0.05, 0.1) is 11.4 Å². The maximum absolute atomic E-state index is 12.7. The lowest BCUT2D eigenvalue weighted by Crippen LogP contribution is -2.09. The molecule has 1 heterocycles. The SMILES string of the molecule is Cc1nc(Br)ccc1NC(=O)/C=C/c1ccc(F)cc1. The summed E-state index contributed by atoms with van der Waals surface area (Å²) < 4.78 is 13.5. The quantitative estimate of drug-likeness (QED) is 0.682. The van der Waals surface area contributed by atoms with Gasteiger partial charge in [-0.3, -0.25) is 4.79 Å². The van der Waals surface area contributed by atoms with Crippen LogP contribution in [0.5, 0.6) is 0 Å². The Labute approximate surface area is 124 Å². The molecule has 0 atom stereocenters. The van der Waals surface area contributed by atoms with Gasteiger partial charge in [-0.1, -0.05) is 12.1 Å². The highest BCUT2D eigenvalue weighted by Gasteiger charge is 2.03. The summed E-state index contributed by atoms with van der Waals surface area (Å²) in [5.74, 6) is -0.565. The Morgan fingerprint density at radius 3 is 2.60 bits per heavy atom. The number of carbonyl (C=O) groups is 1. The molecule has 0 fully saturated rings. The number of pyridine rings is 1. The molecule has 1 amide bonds. The van der Waals surface area contributed by atoms with Crippen LogP contribution < -0.4 is 5.32 Å². The minimum Gasteiger partial charge on any atom is -0.321 e. The number of amides is 1. The van der Waals surface area contributed by atoms with E-state index >= 15 is 0 Å². The van der Waals surface area contributed by atoms with E-state index in [2.05, 4.69) is 26.2 Å². The molecule has 102 valence electrons. The van der Waals surface area contributed by atoms with Gasteiger partial charge in [-0.15, -0.1) is 0 Å². The third-order valence-corrected chi connectivity index (χ3v) is 3.05. The lowest BCUT2D eigenvalue weighted by molar-refractivity contribution is -0.111. The molecule has 2 rings (SSSR count). The molecular formula is C15H12BrFN2O. The van der Waals surface area contributed by atoms with Crippen LogP contribution in [0.15, 0.2) is 47.1 Å². The normalized spacial score (nSPS) is 10.8. The Morgan fingerprint density at radius 2 is 1.95 bits per heavy atom. The van der Waals surface area contributed by atoms with Crippen molar-refractivity contribution in [3.63, 3.8) is 0 Å². The van der Waals surface area contributed by atoms with Crippen molar-refractivity contribution < 1.29 is 9.18 Å². The van der Waals surface area contributed by atoms with E-state index in [1.54, 1.807) is 30.3 Å². The summed E-state index contributed by atoms with van der Waals surface area (Å²) in [6.45, 7) is 1.81. The lowest BCUT2D eigenvalue weighted by Gasteiger charge is -2.05. The van der Waals surface area contributed by atoms with Gasteiger partial charge in [0.15, 0.2) is 0 Å². The molecule has 1 aromatic carbocycles. The fourth-order valence-electron chi connectivity index (χ4n) is 1.58. The van der Waals surface area contributed by atoms with E-state index < -0.39 is 0 Å². The Bertz CT molecular complexity index is 653. The van der Waals surface area contributed by atoms with E-state index in [4.69, 9.17) is 0 Å². The summed E-state index contributed by atoms with van der Waals surface area (Å²) >= 11 is 3.26. The molecule has 0 radical (unpaired) electrons. The van der Waals surface area contributed by atoms with Crippen molar-refractivity contribution in [1.82, 2.24) is 4.98 Å². The molecule has 5 heteroatoms. The highest BCUT2D eigenvalue weighted by molar-refractivity contribution is 9.10. The van der Waals surface area contributed by atoms with Gasteiger partial charge in [0, 0.05) is 6.08 Å². The fourth-order valence-corrected chi connectivity index (χ4v) is 1.98. The van der Waals surface area contributed by atoms with E-state index in [0.29, 0.717) is 5.69 Å². The van der Waals surface area contributed by atoms with Crippen LogP contribution in [0.2, 0.25) is 0 Å². The molecule has 0 bridgehead atoms. The largest absolute Gasteiger partial charge is 0.321 e.